The maximum atomic E-state index is 12.0. The van der Waals surface area contributed by atoms with Crippen LogP contribution in [-0.2, 0) is 11.3 Å². The highest BCUT2D eigenvalue weighted by Crippen LogP contribution is 2.16. The summed E-state index contributed by atoms with van der Waals surface area (Å²) in [4.78, 5) is 23.0. The molecule has 8 nitrogen and oxygen atoms in total. The molecule has 1 aromatic rings. The molecular formula is C19H31N5O3. The number of nitrogens with one attached hydrogen (secondary N) is 2. The Morgan fingerprint density at radius 3 is 2.89 bits per heavy atom. The van der Waals surface area contributed by atoms with Crippen LogP contribution >= 0.6 is 0 Å². The number of alkyl carbamates (subject to hydrolysis) is 1. The Hall–Kier alpha value is -2.51. The van der Waals surface area contributed by atoms with E-state index in [4.69, 9.17) is 14.5 Å². The van der Waals surface area contributed by atoms with E-state index in [0.29, 0.717) is 19.0 Å². The lowest BCUT2D eigenvalue weighted by atomic mass is 10.2. The third-order valence-electron chi connectivity index (χ3n) is 3.99. The van der Waals surface area contributed by atoms with Crippen LogP contribution < -0.4 is 15.4 Å². The molecule has 1 fully saturated rings. The van der Waals surface area contributed by atoms with Gasteiger partial charge < -0.3 is 25.0 Å². The quantitative estimate of drug-likeness (QED) is 0.604. The third-order valence-corrected chi connectivity index (χ3v) is 3.99. The summed E-state index contributed by atoms with van der Waals surface area (Å²) in [6.07, 6.45) is 2.17. The molecule has 1 aliphatic rings. The number of amides is 1. The summed E-state index contributed by atoms with van der Waals surface area (Å²) >= 11 is 0. The molecule has 1 aromatic heterocycles. The molecule has 0 spiro atoms. The minimum absolute atomic E-state index is 0.0386. The van der Waals surface area contributed by atoms with Gasteiger partial charge in [0.25, 0.3) is 0 Å². The Morgan fingerprint density at radius 1 is 1.44 bits per heavy atom. The van der Waals surface area contributed by atoms with E-state index in [2.05, 4.69) is 20.5 Å². The first-order chi connectivity index (χ1) is 12.8. The first-order valence-electron chi connectivity index (χ1n) is 9.33. The number of likely N-dealkylation sites (tertiary alicyclic amines) is 1. The van der Waals surface area contributed by atoms with Crippen molar-refractivity contribution in [3.05, 3.63) is 23.9 Å². The number of carbonyl (C=O) groups is 1. The van der Waals surface area contributed by atoms with Crippen LogP contribution in [0.1, 0.15) is 39.7 Å². The first-order valence-corrected chi connectivity index (χ1v) is 9.33. The van der Waals surface area contributed by atoms with Gasteiger partial charge in [0.05, 0.1) is 19.7 Å². The highest BCUT2D eigenvalue weighted by Gasteiger charge is 2.27. The fourth-order valence-corrected chi connectivity index (χ4v) is 2.86. The molecule has 1 atom stereocenters. The monoisotopic (exact) mass is 377 g/mol. The number of pyridine rings is 1. The lowest BCUT2D eigenvalue weighted by Crippen LogP contribution is -2.44. The van der Waals surface area contributed by atoms with Crippen LogP contribution in [0.4, 0.5) is 4.79 Å². The molecule has 1 amide bonds. The number of carbonyl (C=O) groups excluding carboxylic acids is 1. The zero-order chi connectivity index (χ0) is 19.9. The Bertz CT molecular complexity index is 657. The number of nitrogens with zero attached hydrogens (tertiary/aromatic N) is 3. The molecule has 1 unspecified atom stereocenters. The van der Waals surface area contributed by atoms with Gasteiger partial charge in [-0.1, -0.05) is 6.07 Å². The standard InChI is InChI=1S/C19H31N5O3/c1-6-20-17(22-12-14-8-7-10-21-16(14)26-5)24-11-9-15(13-24)23-18(25)27-19(2,3)4/h7-8,10,15H,6,9,11-13H2,1-5H3,(H,20,22)(H,23,25). The van der Waals surface area contributed by atoms with Gasteiger partial charge >= 0.3 is 6.09 Å². The second-order valence-electron chi connectivity index (χ2n) is 7.42. The second-order valence-corrected chi connectivity index (χ2v) is 7.42. The lowest BCUT2D eigenvalue weighted by molar-refractivity contribution is 0.0507. The fourth-order valence-electron chi connectivity index (χ4n) is 2.86. The van der Waals surface area contributed by atoms with E-state index in [1.54, 1.807) is 13.3 Å². The topological polar surface area (TPSA) is 88.1 Å². The van der Waals surface area contributed by atoms with E-state index >= 15 is 0 Å². The van der Waals surface area contributed by atoms with Crippen molar-refractivity contribution in [2.75, 3.05) is 26.7 Å². The average Bonchev–Trinajstić information content (AvgIpc) is 3.05. The van der Waals surface area contributed by atoms with Crippen LogP contribution in [0.2, 0.25) is 0 Å². The number of methoxy groups -OCH3 is 1. The number of rotatable bonds is 5. The minimum Gasteiger partial charge on any atom is -0.481 e. The average molecular weight is 377 g/mol. The number of guanidine groups is 1. The third kappa shape index (κ3) is 6.62. The molecule has 0 radical (unpaired) electrons. The Morgan fingerprint density at radius 2 is 2.22 bits per heavy atom. The van der Waals surface area contributed by atoms with Crippen molar-refractivity contribution in [2.45, 2.75) is 52.3 Å². The van der Waals surface area contributed by atoms with Crippen molar-refractivity contribution in [3.8, 4) is 5.88 Å². The van der Waals surface area contributed by atoms with Gasteiger partial charge in [-0.15, -0.1) is 0 Å². The maximum Gasteiger partial charge on any atom is 0.407 e. The van der Waals surface area contributed by atoms with Crippen molar-refractivity contribution in [1.29, 1.82) is 0 Å². The van der Waals surface area contributed by atoms with Crippen LogP contribution in [0.25, 0.3) is 0 Å². The van der Waals surface area contributed by atoms with Gasteiger partial charge in [0, 0.05) is 31.4 Å². The van der Waals surface area contributed by atoms with Gasteiger partial charge in [-0.3, -0.25) is 0 Å². The molecule has 2 heterocycles. The van der Waals surface area contributed by atoms with Crippen molar-refractivity contribution in [1.82, 2.24) is 20.5 Å². The Balaban J connectivity index is 1.97. The van der Waals surface area contributed by atoms with Crippen LogP contribution in [0, 0.1) is 0 Å². The predicted octanol–water partition coefficient (Wildman–Crippen LogP) is 2.15. The summed E-state index contributed by atoms with van der Waals surface area (Å²) in [6.45, 7) is 10.4. The number of hydrogen-bond acceptors (Lipinski definition) is 5. The summed E-state index contributed by atoms with van der Waals surface area (Å²) in [6, 6.07) is 3.86. The van der Waals surface area contributed by atoms with Gasteiger partial charge in [0.2, 0.25) is 5.88 Å². The largest absolute Gasteiger partial charge is 0.481 e. The van der Waals surface area contributed by atoms with Gasteiger partial charge in [-0.05, 0) is 40.2 Å². The summed E-state index contributed by atoms with van der Waals surface area (Å²) in [5, 5.41) is 6.25. The molecule has 1 aliphatic heterocycles. The van der Waals surface area contributed by atoms with E-state index in [0.717, 1.165) is 31.0 Å². The highest BCUT2D eigenvalue weighted by atomic mass is 16.6. The lowest BCUT2D eigenvalue weighted by Gasteiger charge is -2.23. The molecule has 150 valence electrons. The molecule has 8 heteroatoms. The van der Waals surface area contributed by atoms with Crippen molar-refractivity contribution >= 4 is 12.1 Å². The molecule has 27 heavy (non-hydrogen) atoms. The van der Waals surface area contributed by atoms with Gasteiger partial charge in [0.15, 0.2) is 5.96 Å². The fraction of sp³-hybridized carbons (Fsp3) is 0.632. The van der Waals surface area contributed by atoms with Crippen LogP contribution in [0.15, 0.2) is 23.3 Å². The van der Waals surface area contributed by atoms with Crippen molar-refractivity contribution in [2.24, 2.45) is 4.99 Å². The summed E-state index contributed by atoms with van der Waals surface area (Å²) in [7, 11) is 1.61. The molecule has 2 N–H and O–H groups in total. The minimum atomic E-state index is -0.498. The van der Waals surface area contributed by atoms with Crippen LogP contribution in [-0.4, -0.2) is 60.3 Å². The van der Waals surface area contributed by atoms with Crippen LogP contribution in [0.3, 0.4) is 0 Å². The Kier molecular flexibility index (Phi) is 7.27. The molecule has 2 rings (SSSR count). The molecule has 0 bridgehead atoms. The second kappa shape index (κ2) is 9.43. The number of aliphatic imine (C=N–C) groups is 1. The van der Waals surface area contributed by atoms with E-state index in [9.17, 15) is 4.79 Å². The molecule has 0 aromatic carbocycles. The Labute approximate surface area is 161 Å². The van der Waals surface area contributed by atoms with E-state index < -0.39 is 5.60 Å². The maximum absolute atomic E-state index is 12.0. The number of aromatic nitrogens is 1. The van der Waals surface area contributed by atoms with Crippen molar-refractivity contribution in [3.63, 3.8) is 0 Å². The van der Waals surface area contributed by atoms with Gasteiger partial charge in [-0.25, -0.2) is 14.8 Å². The molecular weight excluding hydrogens is 346 g/mol. The van der Waals surface area contributed by atoms with Gasteiger partial charge in [-0.2, -0.15) is 0 Å². The van der Waals surface area contributed by atoms with E-state index in [1.807, 2.05) is 39.8 Å². The molecule has 0 saturated carbocycles. The highest BCUT2D eigenvalue weighted by molar-refractivity contribution is 5.80. The van der Waals surface area contributed by atoms with Crippen LogP contribution in [0.5, 0.6) is 5.88 Å². The summed E-state index contributed by atoms with van der Waals surface area (Å²) < 4.78 is 10.6. The van der Waals surface area contributed by atoms with E-state index in [1.165, 1.54) is 0 Å². The predicted molar refractivity (Wildman–Crippen MR) is 105 cm³/mol. The van der Waals surface area contributed by atoms with E-state index in [-0.39, 0.29) is 12.1 Å². The van der Waals surface area contributed by atoms with Crippen molar-refractivity contribution < 1.29 is 14.3 Å². The molecule has 1 saturated heterocycles. The zero-order valence-corrected chi connectivity index (χ0v) is 16.9. The molecule has 0 aliphatic carbocycles. The summed E-state index contributed by atoms with van der Waals surface area (Å²) in [5.41, 5.74) is 0.430. The summed E-state index contributed by atoms with van der Waals surface area (Å²) in [5.74, 6) is 1.40. The SMILES string of the molecule is CCNC(=NCc1cccnc1OC)N1CCC(NC(=O)OC(C)(C)C)C1. The first kappa shape index (κ1) is 20.8. The normalized spacial score (nSPS) is 17.6. The number of ether oxygens (including phenoxy) is 2. The number of hydrogen-bond donors (Lipinski definition) is 2. The smallest absolute Gasteiger partial charge is 0.407 e. The van der Waals surface area contributed by atoms with Gasteiger partial charge in [0.1, 0.15) is 5.60 Å². The zero-order valence-electron chi connectivity index (χ0n) is 16.9.